The largest absolute Gasteiger partial charge is 0.353 e. The first-order valence-corrected chi connectivity index (χ1v) is 9.68. The predicted octanol–water partition coefficient (Wildman–Crippen LogP) is 2.00. The molecule has 0 spiro atoms. The third kappa shape index (κ3) is 3.61. The molecule has 2 aliphatic heterocycles. The van der Waals surface area contributed by atoms with Gasteiger partial charge < -0.3 is 15.1 Å². The minimum absolute atomic E-state index is 0.113. The van der Waals surface area contributed by atoms with E-state index in [1.165, 1.54) is 4.70 Å². The molecule has 0 saturated carbocycles. The highest BCUT2D eigenvalue weighted by molar-refractivity contribution is 7.22. The van der Waals surface area contributed by atoms with Crippen LogP contribution in [0.5, 0.6) is 0 Å². The van der Waals surface area contributed by atoms with Gasteiger partial charge in [0.25, 0.3) is 0 Å². The molecule has 132 valence electrons. The SMILES string of the molecule is O=C1CCC(CCC(=O)N2CCN(c3nc4ccccc4s3)CC2)N1. The Morgan fingerprint density at radius 2 is 2.04 bits per heavy atom. The van der Waals surface area contributed by atoms with E-state index in [0.29, 0.717) is 12.8 Å². The van der Waals surface area contributed by atoms with Crippen LogP contribution in [-0.2, 0) is 9.59 Å². The van der Waals surface area contributed by atoms with Crippen molar-refractivity contribution in [2.75, 3.05) is 31.1 Å². The van der Waals surface area contributed by atoms with E-state index < -0.39 is 0 Å². The molecular formula is C18H22N4O2S. The summed E-state index contributed by atoms with van der Waals surface area (Å²) in [7, 11) is 0. The number of hydrogen-bond acceptors (Lipinski definition) is 5. The van der Waals surface area contributed by atoms with Gasteiger partial charge in [-0.2, -0.15) is 0 Å². The van der Waals surface area contributed by atoms with Gasteiger partial charge in [0.05, 0.1) is 10.2 Å². The average Bonchev–Trinajstić information content (AvgIpc) is 3.25. The van der Waals surface area contributed by atoms with Gasteiger partial charge in [-0.3, -0.25) is 9.59 Å². The van der Waals surface area contributed by atoms with Crippen LogP contribution < -0.4 is 10.2 Å². The van der Waals surface area contributed by atoms with E-state index in [1.54, 1.807) is 11.3 Å². The number of nitrogens with one attached hydrogen (secondary N) is 1. The second-order valence-corrected chi connectivity index (χ2v) is 7.68. The smallest absolute Gasteiger partial charge is 0.222 e. The van der Waals surface area contributed by atoms with E-state index >= 15 is 0 Å². The lowest BCUT2D eigenvalue weighted by atomic mass is 10.1. The fourth-order valence-corrected chi connectivity index (χ4v) is 4.51. The lowest BCUT2D eigenvalue weighted by Gasteiger charge is -2.34. The fourth-order valence-electron chi connectivity index (χ4n) is 3.49. The summed E-state index contributed by atoms with van der Waals surface area (Å²) < 4.78 is 1.20. The lowest BCUT2D eigenvalue weighted by Crippen LogP contribution is -2.49. The molecule has 4 rings (SSSR count). The van der Waals surface area contributed by atoms with Crippen molar-refractivity contribution < 1.29 is 9.59 Å². The van der Waals surface area contributed by atoms with Gasteiger partial charge in [0.1, 0.15) is 0 Å². The summed E-state index contributed by atoms with van der Waals surface area (Å²) in [4.78, 5) is 32.5. The molecule has 1 aromatic carbocycles. The Labute approximate surface area is 150 Å². The molecule has 2 saturated heterocycles. The molecular weight excluding hydrogens is 336 g/mol. The molecule has 7 heteroatoms. The highest BCUT2D eigenvalue weighted by Crippen LogP contribution is 2.29. The molecule has 2 aliphatic rings. The number of benzene rings is 1. The second kappa shape index (κ2) is 7.00. The van der Waals surface area contributed by atoms with Gasteiger partial charge in [-0.15, -0.1) is 0 Å². The summed E-state index contributed by atoms with van der Waals surface area (Å²) in [6, 6.07) is 8.36. The van der Waals surface area contributed by atoms with Gasteiger partial charge in [0.2, 0.25) is 11.8 Å². The van der Waals surface area contributed by atoms with Crippen LogP contribution >= 0.6 is 11.3 Å². The first-order chi connectivity index (χ1) is 12.2. The molecule has 2 fully saturated rings. The molecule has 2 amide bonds. The van der Waals surface area contributed by atoms with Crippen molar-refractivity contribution >= 4 is 38.5 Å². The average molecular weight is 358 g/mol. The van der Waals surface area contributed by atoms with Crippen LogP contribution in [0.2, 0.25) is 0 Å². The molecule has 25 heavy (non-hydrogen) atoms. The lowest BCUT2D eigenvalue weighted by molar-refractivity contribution is -0.131. The van der Waals surface area contributed by atoms with Gasteiger partial charge >= 0.3 is 0 Å². The highest BCUT2D eigenvalue weighted by Gasteiger charge is 2.25. The van der Waals surface area contributed by atoms with Crippen molar-refractivity contribution in [1.82, 2.24) is 15.2 Å². The normalized spacial score (nSPS) is 21.0. The number of thiazole rings is 1. The van der Waals surface area contributed by atoms with E-state index in [0.717, 1.165) is 49.7 Å². The van der Waals surface area contributed by atoms with Gasteiger partial charge in [-0.1, -0.05) is 23.5 Å². The first-order valence-electron chi connectivity index (χ1n) is 8.87. The Bertz CT molecular complexity index is 749. The zero-order valence-electron chi connectivity index (χ0n) is 14.1. The number of rotatable bonds is 4. The van der Waals surface area contributed by atoms with Crippen molar-refractivity contribution in [3.05, 3.63) is 24.3 Å². The summed E-state index contributed by atoms with van der Waals surface area (Å²) in [6.45, 7) is 3.13. The van der Waals surface area contributed by atoms with Gasteiger partial charge in [-0.05, 0) is 25.0 Å². The summed E-state index contributed by atoms with van der Waals surface area (Å²) in [5, 5.41) is 3.97. The number of carbonyl (C=O) groups is 2. The van der Waals surface area contributed by atoms with Crippen molar-refractivity contribution in [2.45, 2.75) is 31.7 Å². The highest BCUT2D eigenvalue weighted by atomic mass is 32.1. The van der Waals surface area contributed by atoms with Crippen molar-refractivity contribution in [2.24, 2.45) is 0 Å². The number of carbonyl (C=O) groups excluding carboxylic acids is 2. The summed E-state index contributed by atoms with van der Waals surface area (Å²) in [6.07, 6.45) is 2.73. The van der Waals surface area contributed by atoms with Crippen molar-refractivity contribution in [1.29, 1.82) is 0 Å². The molecule has 1 unspecified atom stereocenters. The fraction of sp³-hybridized carbons (Fsp3) is 0.500. The van der Waals surface area contributed by atoms with E-state index in [-0.39, 0.29) is 17.9 Å². The molecule has 0 bridgehead atoms. The zero-order valence-corrected chi connectivity index (χ0v) is 14.9. The topological polar surface area (TPSA) is 65.5 Å². The first kappa shape index (κ1) is 16.3. The predicted molar refractivity (Wildman–Crippen MR) is 98.8 cm³/mol. The van der Waals surface area contributed by atoms with Crippen LogP contribution in [-0.4, -0.2) is 53.9 Å². The minimum atomic E-state index is 0.113. The number of piperazine rings is 1. The number of fused-ring (bicyclic) bond motifs is 1. The van der Waals surface area contributed by atoms with Crippen molar-refractivity contribution in [3.63, 3.8) is 0 Å². The third-order valence-corrected chi connectivity index (χ3v) is 6.07. The molecule has 6 nitrogen and oxygen atoms in total. The number of para-hydroxylation sites is 1. The summed E-state index contributed by atoms with van der Waals surface area (Å²) >= 11 is 1.71. The van der Waals surface area contributed by atoms with Crippen molar-refractivity contribution in [3.8, 4) is 0 Å². The molecule has 1 atom stereocenters. The Hall–Kier alpha value is -2.15. The van der Waals surface area contributed by atoms with E-state index in [4.69, 9.17) is 4.98 Å². The third-order valence-electron chi connectivity index (χ3n) is 4.98. The van der Waals surface area contributed by atoms with Crippen LogP contribution in [0.1, 0.15) is 25.7 Å². The van der Waals surface area contributed by atoms with Crippen LogP contribution in [0.15, 0.2) is 24.3 Å². The van der Waals surface area contributed by atoms with E-state index in [1.807, 2.05) is 23.1 Å². The molecule has 0 radical (unpaired) electrons. The van der Waals surface area contributed by atoms with Gasteiger partial charge in [0, 0.05) is 45.1 Å². The maximum atomic E-state index is 12.4. The molecule has 2 aromatic rings. The number of anilines is 1. The van der Waals surface area contributed by atoms with E-state index in [2.05, 4.69) is 16.3 Å². The number of aromatic nitrogens is 1. The Morgan fingerprint density at radius 1 is 1.24 bits per heavy atom. The number of amides is 2. The van der Waals surface area contributed by atoms with Gasteiger partial charge in [-0.25, -0.2) is 4.98 Å². The molecule has 1 aromatic heterocycles. The quantitative estimate of drug-likeness (QED) is 0.908. The Balaban J connectivity index is 1.28. The summed E-state index contributed by atoms with van der Waals surface area (Å²) in [5.41, 5.74) is 1.04. The monoisotopic (exact) mass is 358 g/mol. The maximum Gasteiger partial charge on any atom is 0.222 e. The standard InChI is InChI=1S/C18H22N4O2S/c23-16-7-5-13(19-16)6-8-17(24)21-9-11-22(12-10-21)18-20-14-3-1-2-4-15(14)25-18/h1-4,13H,5-12H2,(H,19,23). The molecule has 0 aliphatic carbocycles. The van der Waals surface area contributed by atoms with Gasteiger partial charge in [0.15, 0.2) is 5.13 Å². The second-order valence-electron chi connectivity index (χ2n) is 6.67. The molecule has 3 heterocycles. The van der Waals surface area contributed by atoms with Crippen LogP contribution in [0.25, 0.3) is 10.2 Å². The maximum absolute atomic E-state index is 12.4. The summed E-state index contributed by atoms with van der Waals surface area (Å²) in [5.74, 6) is 0.312. The molecule has 1 N–H and O–H groups in total. The van der Waals surface area contributed by atoms with Crippen LogP contribution in [0.3, 0.4) is 0 Å². The Kier molecular flexibility index (Phi) is 4.57. The zero-order chi connectivity index (χ0) is 17.2. The van der Waals surface area contributed by atoms with E-state index in [9.17, 15) is 9.59 Å². The number of hydrogen-bond donors (Lipinski definition) is 1. The Morgan fingerprint density at radius 3 is 2.76 bits per heavy atom. The minimum Gasteiger partial charge on any atom is -0.353 e. The van der Waals surface area contributed by atoms with Crippen LogP contribution in [0, 0.1) is 0 Å². The van der Waals surface area contributed by atoms with Crippen LogP contribution in [0.4, 0.5) is 5.13 Å². The number of nitrogens with zero attached hydrogens (tertiary/aromatic N) is 3.